The van der Waals surface area contributed by atoms with Crippen LogP contribution in [-0.2, 0) is 0 Å². The van der Waals surface area contributed by atoms with Crippen molar-refractivity contribution in [1.82, 2.24) is 10.6 Å². The molecule has 216 valence electrons. The molecule has 4 heteroatoms. The molecule has 5 aromatic carbocycles. The van der Waals surface area contributed by atoms with Crippen LogP contribution in [0.15, 0.2) is 146 Å². The third-order valence-corrected chi connectivity index (χ3v) is 7.96. The first kappa shape index (κ1) is 29.9. The molecule has 0 radical (unpaired) electrons. The molecule has 0 fully saturated rings. The van der Waals surface area contributed by atoms with Crippen molar-refractivity contribution in [2.24, 2.45) is 0 Å². The summed E-state index contributed by atoms with van der Waals surface area (Å²) in [6, 6.07) is 54.2. The summed E-state index contributed by atoms with van der Waals surface area (Å²) in [5.41, 5.74) is 5.29. The van der Waals surface area contributed by atoms with Gasteiger partial charge in [-0.2, -0.15) is 10.5 Å². The fourth-order valence-electron chi connectivity index (χ4n) is 5.70. The number of rotatable bonds is 12. The molecule has 0 aliphatic carbocycles. The zero-order valence-corrected chi connectivity index (χ0v) is 24.7. The van der Waals surface area contributed by atoms with Crippen LogP contribution in [0.3, 0.4) is 0 Å². The molecule has 5 aromatic rings. The van der Waals surface area contributed by atoms with E-state index in [1.165, 1.54) is 22.3 Å². The lowest BCUT2D eigenvalue weighted by atomic mass is 9.88. The lowest BCUT2D eigenvalue weighted by Gasteiger charge is -2.22. The van der Waals surface area contributed by atoms with Gasteiger partial charge in [0.15, 0.2) is 0 Å². The smallest absolute Gasteiger partial charge is 0.136 e. The number of nitriles is 2. The highest BCUT2D eigenvalue weighted by Gasteiger charge is 2.16. The normalized spacial score (nSPS) is 10.5. The van der Waals surface area contributed by atoms with Crippen LogP contribution in [0.25, 0.3) is 11.4 Å². The molecule has 0 aromatic heterocycles. The summed E-state index contributed by atoms with van der Waals surface area (Å²) in [5.74, 6) is 1.46. The Morgan fingerprint density at radius 1 is 0.455 bits per heavy atom. The molecule has 0 atom stereocenters. The SMILES string of the molecule is N#CC(C#N)=c1ccc(=C(NCCC(c2ccccc2)c2ccccc2)NCCC(c2ccccc2)c2ccccc2)cc1. The van der Waals surface area contributed by atoms with E-state index in [0.717, 1.165) is 37.0 Å². The molecule has 0 bridgehead atoms. The molecule has 0 amide bonds. The van der Waals surface area contributed by atoms with Crippen molar-refractivity contribution in [2.45, 2.75) is 24.7 Å². The van der Waals surface area contributed by atoms with Gasteiger partial charge in [0.05, 0.1) is 0 Å². The van der Waals surface area contributed by atoms with E-state index in [-0.39, 0.29) is 17.4 Å². The third kappa shape index (κ3) is 7.82. The van der Waals surface area contributed by atoms with Crippen molar-refractivity contribution in [1.29, 1.82) is 10.5 Å². The van der Waals surface area contributed by atoms with E-state index in [0.29, 0.717) is 5.22 Å². The van der Waals surface area contributed by atoms with Crippen molar-refractivity contribution < 1.29 is 0 Å². The van der Waals surface area contributed by atoms with Crippen molar-refractivity contribution in [3.8, 4) is 12.1 Å². The minimum atomic E-state index is 0.112. The first-order valence-corrected chi connectivity index (χ1v) is 15.1. The Hall–Kier alpha value is -5.58. The lowest BCUT2D eigenvalue weighted by molar-refractivity contribution is 0.638. The van der Waals surface area contributed by atoms with Gasteiger partial charge >= 0.3 is 0 Å². The minimum absolute atomic E-state index is 0.112. The topological polar surface area (TPSA) is 71.6 Å². The summed E-state index contributed by atoms with van der Waals surface area (Å²) >= 11 is 0. The van der Waals surface area contributed by atoms with Gasteiger partial charge in [-0.1, -0.05) is 146 Å². The molecule has 0 aliphatic rings. The van der Waals surface area contributed by atoms with E-state index in [2.05, 4.69) is 132 Å². The summed E-state index contributed by atoms with van der Waals surface area (Å²) in [5, 5.41) is 27.7. The van der Waals surface area contributed by atoms with E-state index in [1.807, 2.05) is 36.4 Å². The Bertz CT molecular complexity index is 1610. The molecule has 0 saturated heterocycles. The second-order valence-electron chi connectivity index (χ2n) is 10.7. The number of nitrogens with one attached hydrogen (secondary N) is 2. The predicted molar refractivity (Wildman–Crippen MR) is 178 cm³/mol. The molecular weight excluding hydrogens is 536 g/mol. The van der Waals surface area contributed by atoms with Crippen LogP contribution in [0.2, 0.25) is 0 Å². The number of benzene rings is 5. The molecule has 44 heavy (non-hydrogen) atoms. The van der Waals surface area contributed by atoms with Crippen molar-refractivity contribution >= 4 is 11.4 Å². The molecule has 0 saturated carbocycles. The maximum atomic E-state index is 9.33. The zero-order valence-electron chi connectivity index (χ0n) is 24.7. The van der Waals surface area contributed by atoms with Crippen LogP contribution in [0, 0.1) is 22.7 Å². The van der Waals surface area contributed by atoms with Crippen molar-refractivity contribution in [3.63, 3.8) is 0 Å². The number of hydrogen-bond acceptors (Lipinski definition) is 4. The average Bonchev–Trinajstić information content (AvgIpc) is 3.10. The van der Waals surface area contributed by atoms with Crippen molar-refractivity contribution in [2.75, 3.05) is 13.1 Å². The Kier molecular flexibility index (Phi) is 10.6. The van der Waals surface area contributed by atoms with Crippen LogP contribution in [0.5, 0.6) is 0 Å². The van der Waals surface area contributed by atoms with Gasteiger partial charge in [0.1, 0.15) is 23.5 Å². The van der Waals surface area contributed by atoms with Crippen LogP contribution >= 0.6 is 0 Å². The van der Waals surface area contributed by atoms with Crippen LogP contribution in [-0.4, -0.2) is 13.1 Å². The average molecular weight is 573 g/mol. The van der Waals surface area contributed by atoms with Gasteiger partial charge in [0, 0.05) is 35.4 Å². The third-order valence-electron chi connectivity index (χ3n) is 7.96. The molecule has 0 spiro atoms. The Labute approximate surface area is 260 Å². The van der Waals surface area contributed by atoms with E-state index in [4.69, 9.17) is 0 Å². The van der Waals surface area contributed by atoms with Gasteiger partial charge in [-0.05, 0) is 35.1 Å². The first-order chi connectivity index (χ1) is 21.8. The first-order valence-electron chi connectivity index (χ1n) is 15.1. The van der Waals surface area contributed by atoms with E-state index in [1.54, 1.807) is 0 Å². The van der Waals surface area contributed by atoms with Gasteiger partial charge in [0.2, 0.25) is 0 Å². The van der Waals surface area contributed by atoms with E-state index >= 15 is 0 Å². The largest absolute Gasteiger partial charge is 0.371 e. The van der Waals surface area contributed by atoms with Crippen molar-refractivity contribution in [3.05, 3.63) is 178 Å². The van der Waals surface area contributed by atoms with Gasteiger partial charge in [0.25, 0.3) is 0 Å². The highest BCUT2D eigenvalue weighted by molar-refractivity contribution is 5.72. The molecule has 0 aliphatic heterocycles. The molecule has 0 unspecified atom stereocenters. The summed E-state index contributed by atoms with van der Waals surface area (Å²) in [7, 11) is 0. The fourth-order valence-corrected chi connectivity index (χ4v) is 5.70. The predicted octanol–water partition coefficient (Wildman–Crippen LogP) is 6.57. The molecule has 2 N–H and O–H groups in total. The second-order valence-corrected chi connectivity index (χ2v) is 10.7. The maximum absolute atomic E-state index is 9.33. The summed E-state index contributed by atoms with van der Waals surface area (Å²) < 4.78 is 0. The van der Waals surface area contributed by atoms with Crippen LogP contribution in [0.4, 0.5) is 0 Å². The quantitative estimate of drug-likeness (QED) is 0.177. The number of nitrogens with zero attached hydrogens (tertiary/aromatic N) is 2. The Morgan fingerprint density at radius 2 is 0.773 bits per heavy atom. The minimum Gasteiger partial charge on any atom is -0.371 e. The van der Waals surface area contributed by atoms with E-state index < -0.39 is 0 Å². The molecule has 5 rings (SSSR count). The zero-order chi connectivity index (χ0) is 30.4. The van der Waals surface area contributed by atoms with Crippen LogP contribution in [0.1, 0.15) is 46.9 Å². The van der Waals surface area contributed by atoms with Gasteiger partial charge < -0.3 is 10.6 Å². The van der Waals surface area contributed by atoms with Crippen LogP contribution < -0.4 is 21.1 Å². The molecule has 4 nitrogen and oxygen atoms in total. The lowest BCUT2D eigenvalue weighted by Crippen LogP contribution is -2.34. The molecular formula is C40H36N4. The number of hydrogen-bond donors (Lipinski definition) is 2. The van der Waals surface area contributed by atoms with E-state index in [9.17, 15) is 10.5 Å². The summed E-state index contributed by atoms with van der Waals surface area (Å²) in [4.78, 5) is 0. The Balaban J connectivity index is 1.39. The monoisotopic (exact) mass is 572 g/mol. The highest BCUT2D eigenvalue weighted by Crippen LogP contribution is 2.28. The molecule has 0 heterocycles. The summed E-state index contributed by atoms with van der Waals surface area (Å²) in [6.45, 7) is 1.51. The fraction of sp³-hybridized carbons (Fsp3) is 0.150. The standard InChI is InChI=1S/C40H36N4/c41-29-37(30-42)31-21-23-36(24-22-31)40(43-27-25-38(32-13-5-1-6-14-32)33-15-7-2-8-16-33)44-28-26-39(34-17-9-3-10-18-34)35-19-11-4-12-20-35/h1-24,38-39,43-44H,25-28H2. The van der Waals surface area contributed by atoms with Gasteiger partial charge in [-0.15, -0.1) is 0 Å². The summed E-state index contributed by atoms with van der Waals surface area (Å²) in [6.07, 6.45) is 1.82. The van der Waals surface area contributed by atoms with Gasteiger partial charge in [-0.3, -0.25) is 0 Å². The second kappa shape index (κ2) is 15.6. The highest BCUT2D eigenvalue weighted by atomic mass is 15.1. The van der Waals surface area contributed by atoms with Gasteiger partial charge in [-0.25, -0.2) is 0 Å². The Morgan fingerprint density at radius 3 is 1.09 bits per heavy atom. The maximum Gasteiger partial charge on any atom is 0.136 e.